The van der Waals surface area contributed by atoms with Crippen LogP contribution in [0, 0.1) is 5.41 Å². The van der Waals surface area contributed by atoms with Crippen molar-refractivity contribution in [2.75, 3.05) is 13.7 Å². The normalized spacial score (nSPS) is 14.5. The summed E-state index contributed by atoms with van der Waals surface area (Å²) in [6.45, 7) is 5.24. The van der Waals surface area contributed by atoms with Crippen LogP contribution in [0.15, 0.2) is 0 Å². The van der Waals surface area contributed by atoms with Crippen molar-refractivity contribution in [2.45, 2.75) is 27.2 Å². The molecule has 1 atom stereocenters. The van der Waals surface area contributed by atoms with E-state index in [2.05, 4.69) is 4.74 Å². The number of esters is 2. The monoisotopic (exact) mass is 188 g/mol. The number of carbonyl (C=O) groups is 2. The van der Waals surface area contributed by atoms with Crippen LogP contribution in [-0.2, 0) is 19.1 Å². The first-order valence-electron chi connectivity index (χ1n) is 4.28. The summed E-state index contributed by atoms with van der Waals surface area (Å²) in [6, 6.07) is 0. The van der Waals surface area contributed by atoms with Gasteiger partial charge in [-0.1, -0.05) is 6.92 Å². The van der Waals surface area contributed by atoms with E-state index in [-0.39, 0.29) is 6.61 Å². The minimum absolute atomic E-state index is 0.269. The fourth-order valence-electron chi connectivity index (χ4n) is 0.888. The zero-order valence-electron chi connectivity index (χ0n) is 8.55. The van der Waals surface area contributed by atoms with Gasteiger partial charge in [-0.15, -0.1) is 0 Å². The van der Waals surface area contributed by atoms with Crippen LogP contribution < -0.4 is 0 Å². The Kier molecular flexibility index (Phi) is 4.45. The molecule has 0 radical (unpaired) electrons. The molecule has 13 heavy (non-hydrogen) atoms. The minimum Gasteiger partial charge on any atom is -0.468 e. The Labute approximate surface area is 78.2 Å². The van der Waals surface area contributed by atoms with Crippen LogP contribution in [0.25, 0.3) is 0 Å². The Morgan fingerprint density at radius 2 is 1.77 bits per heavy atom. The average molecular weight is 188 g/mol. The van der Waals surface area contributed by atoms with Gasteiger partial charge in [0.2, 0.25) is 0 Å². The molecule has 0 heterocycles. The standard InChI is InChI=1S/C9H16O4/c1-5-9(3,7(10)12-4)8(11)13-6-2/h5-6H2,1-4H3. The highest BCUT2D eigenvalue weighted by molar-refractivity contribution is 5.99. The van der Waals surface area contributed by atoms with Crippen LogP contribution in [-0.4, -0.2) is 25.7 Å². The lowest BCUT2D eigenvalue weighted by Crippen LogP contribution is -2.38. The smallest absolute Gasteiger partial charge is 0.323 e. The molecule has 0 N–H and O–H groups in total. The maximum atomic E-state index is 11.4. The maximum Gasteiger partial charge on any atom is 0.323 e. The Morgan fingerprint density at radius 3 is 2.08 bits per heavy atom. The summed E-state index contributed by atoms with van der Waals surface area (Å²) in [5, 5.41) is 0. The second kappa shape index (κ2) is 4.84. The van der Waals surface area contributed by atoms with Gasteiger partial charge < -0.3 is 9.47 Å². The number of carbonyl (C=O) groups excluding carboxylic acids is 2. The predicted molar refractivity (Wildman–Crippen MR) is 47.0 cm³/mol. The van der Waals surface area contributed by atoms with Gasteiger partial charge in [0, 0.05) is 0 Å². The van der Waals surface area contributed by atoms with Gasteiger partial charge in [0.05, 0.1) is 13.7 Å². The van der Waals surface area contributed by atoms with Crippen molar-refractivity contribution < 1.29 is 19.1 Å². The molecule has 0 aromatic heterocycles. The van der Waals surface area contributed by atoms with E-state index in [9.17, 15) is 9.59 Å². The molecule has 0 saturated heterocycles. The molecule has 1 unspecified atom stereocenters. The van der Waals surface area contributed by atoms with Gasteiger partial charge in [-0.05, 0) is 20.3 Å². The number of hydrogen-bond donors (Lipinski definition) is 0. The van der Waals surface area contributed by atoms with Crippen molar-refractivity contribution >= 4 is 11.9 Å². The lowest BCUT2D eigenvalue weighted by atomic mass is 9.88. The van der Waals surface area contributed by atoms with Gasteiger partial charge in [-0.2, -0.15) is 0 Å². The summed E-state index contributed by atoms with van der Waals surface area (Å²) < 4.78 is 9.32. The van der Waals surface area contributed by atoms with Crippen LogP contribution >= 0.6 is 0 Å². The van der Waals surface area contributed by atoms with E-state index in [1.165, 1.54) is 14.0 Å². The highest BCUT2D eigenvalue weighted by Crippen LogP contribution is 2.24. The fourth-order valence-corrected chi connectivity index (χ4v) is 0.888. The summed E-state index contributed by atoms with van der Waals surface area (Å²) in [6.07, 6.45) is 0.374. The third-order valence-electron chi connectivity index (χ3n) is 2.07. The van der Waals surface area contributed by atoms with Crippen LogP contribution in [0.4, 0.5) is 0 Å². The van der Waals surface area contributed by atoms with Crippen LogP contribution in [0.5, 0.6) is 0 Å². The van der Waals surface area contributed by atoms with Gasteiger partial charge in [0.15, 0.2) is 5.41 Å². The van der Waals surface area contributed by atoms with E-state index in [0.717, 1.165) is 0 Å². The third-order valence-corrected chi connectivity index (χ3v) is 2.07. The first-order valence-corrected chi connectivity index (χ1v) is 4.28. The quantitative estimate of drug-likeness (QED) is 0.490. The summed E-state index contributed by atoms with van der Waals surface area (Å²) in [7, 11) is 1.26. The van der Waals surface area contributed by atoms with Crippen LogP contribution in [0.1, 0.15) is 27.2 Å². The second-order valence-electron chi connectivity index (χ2n) is 2.90. The van der Waals surface area contributed by atoms with Gasteiger partial charge >= 0.3 is 11.9 Å². The Bertz CT molecular complexity index is 200. The number of hydrogen-bond acceptors (Lipinski definition) is 4. The first-order chi connectivity index (χ1) is 6.02. The predicted octanol–water partition coefficient (Wildman–Crippen LogP) is 1.14. The van der Waals surface area contributed by atoms with E-state index in [0.29, 0.717) is 6.42 Å². The van der Waals surface area contributed by atoms with Gasteiger partial charge in [-0.3, -0.25) is 9.59 Å². The molecule has 0 aromatic rings. The molecule has 0 fully saturated rings. The van der Waals surface area contributed by atoms with E-state index in [1.807, 2.05) is 0 Å². The Balaban J connectivity index is 4.61. The summed E-state index contributed by atoms with van der Waals surface area (Å²) in [5.41, 5.74) is -1.16. The zero-order valence-corrected chi connectivity index (χ0v) is 8.55. The molecule has 76 valence electrons. The Hall–Kier alpha value is -1.06. The van der Waals surface area contributed by atoms with Crippen molar-refractivity contribution in [3.8, 4) is 0 Å². The molecule has 0 saturated carbocycles. The molecule has 4 nitrogen and oxygen atoms in total. The molecular formula is C9H16O4. The van der Waals surface area contributed by atoms with E-state index >= 15 is 0 Å². The highest BCUT2D eigenvalue weighted by Gasteiger charge is 2.42. The van der Waals surface area contributed by atoms with Crippen LogP contribution in [0.3, 0.4) is 0 Å². The van der Waals surface area contributed by atoms with E-state index in [1.54, 1.807) is 13.8 Å². The number of methoxy groups -OCH3 is 1. The second-order valence-corrected chi connectivity index (χ2v) is 2.90. The Morgan fingerprint density at radius 1 is 1.23 bits per heavy atom. The van der Waals surface area contributed by atoms with Gasteiger partial charge in [0.1, 0.15) is 0 Å². The average Bonchev–Trinajstić information content (AvgIpc) is 2.15. The molecule has 0 aliphatic heterocycles. The summed E-state index contributed by atoms with van der Waals surface area (Å²) in [5.74, 6) is -1.07. The van der Waals surface area contributed by atoms with E-state index in [4.69, 9.17) is 4.74 Å². The van der Waals surface area contributed by atoms with Crippen molar-refractivity contribution in [2.24, 2.45) is 5.41 Å². The van der Waals surface area contributed by atoms with Gasteiger partial charge in [0.25, 0.3) is 0 Å². The lowest BCUT2D eigenvalue weighted by molar-refractivity contribution is -0.169. The molecule has 0 aromatic carbocycles. The molecular weight excluding hydrogens is 172 g/mol. The van der Waals surface area contributed by atoms with Crippen molar-refractivity contribution in [3.05, 3.63) is 0 Å². The van der Waals surface area contributed by atoms with Crippen molar-refractivity contribution in [3.63, 3.8) is 0 Å². The van der Waals surface area contributed by atoms with Crippen LogP contribution in [0.2, 0.25) is 0 Å². The molecule has 0 aliphatic carbocycles. The lowest BCUT2D eigenvalue weighted by Gasteiger charge is -2.22. The van der Waals surface area contributed by atoms with E-state index < -0.39 is 17.4 Å². The molecule has 0 spiro atoms. The molecule has 0 amide bonds. The largest absolute Gasteiger partial charge is 0.468 e. The first kappa shape index (κ1) is 11.9. The maximum absolute atomic E-state index is 11.4. The fraction of sp³-hybridized carbons (Fsp3) is 0.778. The highest BCUT2D eigenvalue weighted by atomic mass is 16.5. The summed E-state index contributed by atoms with van der Waals surface area (Å²) in [4.78, 5) is 22.6. The zero-order chi connectivity index (χ0) is 10.5. The molecule has 0 rings (SSSR count). The number of ether oxygens (including phenoxy) is 2. The minimum atomic E-state index is -1.16. The third kappa shape index (κ3) is 2.44. The topological polar surface area (TPSA) is 52.6 Å². The summed E-state index contributed by atoms with van der Waals surface area (Å²) >= 11 is 0. The van der Waals surface area contributed by atoms with Crippen molar-refractivity contribution in [1.29, 1.82) is 0 Å². The van der Waals surface area contributed by atoms with Gasteiger partial charge in [-0.25, -0.2) is 0 Å². The molecule has 0 aliphatic rings. The van der Waals surface area contributed by atoms with Crippen molar-refractivity contribution in [1.82, 2.24) is 0 Å². The molecule has 4 heteroatoms. The molecule has 0 bridgehead atoms. The SMILES string of the molecule is CCOC(=O)C(C)(CC)C(=O)OC. The number of rotatable bonds is 4.